The van der Waals surface area contributed by atoms with Crippen LogP contribution in [0.2, 0.25) is 10.0 Å². The molecule has 1 aromatic heterocycles. The van der Waals surface area contributed by atoms with E-state index in [4.69, 9.17) is 37.8 Å². The van der Waals surface area contributed by atoms with Crippen molar-refractivity contribution in [2.45, 2.75) is 20.0 Å². The molecule has 0 saturated carbocycles. The zero-order chi connectivity index (χ0) is 17.7. The predicted molar refractivity (Wildman–Crippen MR) is 93.2 cm³/mol. The van der Waals surface area contributed by atoms with E-state index in [1.54, 1.807) is 30.3 Å². The Balaban J connectivity index is 2.40. The Hall–Kier alpha value is -2.24. The molecule has 5 nitrogen and oxygen atoms in total. The molecule has 7 heteroatoms. The fourth-order valence-corrected chi connectivity index (χ4v) is 2.22. The third kappa shape index (κ3) is 5.15. The number of aliphatic carboxylic acids is 1. The topological polar surface area (TPSA) is 68.7 Å². The molecule has 24 heavy (non-hydrogen) atoms. The third-order valence-electron chi connectivity index (χ3n) is 2.73. The van der Waals surface area contributed by atoms with Crippen molar-refractivity contribution >= 4 is 35.2 Å². The zero-order valence-electron chi connectivity index (χ0n) is 13.0. The first-order chi connectivity index (χ1) is 11.3. The first-order valence-corrected chi connectivity index (χ1v) is 7.82. The minimum absolute atomic E-state index is 0.0649. The zero-order valence-corrected chi connectivity index (χ0v) is 14.5. The maximum absolute atomic E-state index is 10.7. The van der Waals surface area contributed by atoms with Crippen LogP contribution in [0.5, 0.6) is 17.5 Å². The standard InChI is InChI=1S/C17H15Cl2NO4/c1-10(2)23-15-7-3-11(4-8-16(21)22)17(20-15)24-14-6-5-12(18)9-13(14)19/h3-10H,1-2H3,(H,21,22)/b8-4+. The molecule has 0 fully saturated rings. The molecule has 0 spiro atoms. The highest BCUT2D eigenvalue weighted by Crippen LogP contribution is 2.33. The second-order valence-electron chi connectivity index (χ2n) is 5.06. The maximum Gasteiger partial charge on any atom is 0.328 e. The van der Waals surface area contributed by atoms with Crippen molar-refractivity contribution in [3.05, 3.63) is 52.0 Å². The summed E-state index contributed by atoms with van der Waals surface area (Å²) in [5.41, 5.74) is 0.472. The van der Waals surface area contributed by atoms with E-state index in [-0.39, 0.29) is 12.0 Å². The van der Waals surface area contributed by atoms with Gasteiger partial charge in [0.25, 0.3) is 0 Å². The number of hydrogen-bond donors (Lipinski definition) is 1. The van der Waals surface area contributed by atoms with Crippen molar-refractivity contribution in [3.8, 4) is 17.5 Å². The second kappa shape index (κ2) is 8.04. The largest absolute Gasteiger partial charge is 0.478 e. The summed E-state index contributed by atoms with van der Waals surface area (Å²) in [4.78, 5) is 15.0. The number of carbonyl (C=O) groups is 1. The average molecular weight is 368 g/mol. The number of halogens is 2. The molecule has 1 heterocycles. The van der Waals surface area contributed by atoms with Crippen LogP contribution < -0.4 is 9.47 Å². The van der Waals surface area contributed by atoms with Gasteiger partial charge in [0.05, 0.1) is 11.1 Å². The molecule has 1 aromatic carbocycles. The minimum atomic E-state index is -1.08. The van der Waals surface area contributed by atoms with E-state index in [1.807, 2.05) is 13.8 Å². The van der Waals surface area contributed by atoms with Crippen LogP contribution in [0.4, 0.5) is 0 Å². The van der Waals surface area contributed by atoms with E-state index >= 15 is 0 Å². The number of ether oxygens (including phenoxy) is 2. The van der Waals surface area contributed by atoms with Gasteiger partial charge in [0.15, 0.2) is 0 Å². The van der Waals surface area contributed by atoms with Gasteiger partial charge in [-0.05, 0) is 44.2 Å². The molecule has 2 rings (SSSR count). The molecule has 0 amide bonds. The Kier molecular flexibility index (Phi) is 6.06. The highest BCUT2D eigenvalue weighted by Gasteiger charge is 2.11. The molecule has 1 N–H and O–H groups in total. The Morgan fingerprint density at radius 1 is 1.25 bits per heavy atom. The predicted octanol–water partition coefficient (Wildman–Crippen LogP) is 5.07. The SMILES string of the molecule is CC(C)Oc1ccc(/C=C/C(=O)O)c(Oc2ccc(Cl)cc2Cl)n1. The highest BCUT2D eigenvalue weighted by atomic mass is 35.5. The number of aromatic nitrogens is 1. The minimum Gasteiger partial charge on any atom is -0.478 e. The van der Waals surface area contributed by atoms with Gasteiger partial charge in [-0.2, -0.15) is 4.98 Å². The van der Waals surface area contributed by atoms with Gasteiger partial charge in [-0.1, -0.05) is 23.2 Å². The van der Waals surface area contributed by atoms with E-state index in [9.17, 15) is 4.79 Å². The van der Waals surface area contributed by atoms with Crippen LogP contribution in [0.15, 0.2) is 36.4 Å². The third-order valence-corrected chi connectivity index (χ3v) is 3.26. The maximum atomic E-state index is 10.7. The van der Waals surface area contributed by atoms with Gasteiger partial charge in [-0.3, -0.25) is 0 Å². The lowest BCUT2D eigenvalue weighted by atomic mass is 10.2. The summed E-state index contributed by atoms with van der Waals surface area (Å²) >= 11 is 12.0. The average Bonchev–Trinajstić information content (AvgIpc) is 2.48. The van der Waals surface area contributed by atoms with E-state index in [1.165, 1.54) is 6.08 Å². The normalized spacial score (nSPS) is 11.0. The van der Waals surface area contributed by atoms with Crippen LogP contribution in [0, 0.1) is 0 Å². The number of carboxylic acid groups (broad SMARTS) is 1. The van der Waals surface area contributed by atoms with E-state index in [2.05, 4.69) is 4.98 Å². The molecule has 0 aliphatic carbocycles. The summed E-state index contributed by atoms with van der Waals surface area (Å²) in [7, 11) is 0. The van der Waals surface area contributed by atoms with Crippen LogP contribution in [0.3, 0.4) is 0 Å². The molecule has 0 bridgehead atoms. The van der Waals surface area contributed by atoms with Crippen molar-refractivity contribution in [3.63, 3.8) is 0 Å². The van der Waals surface area contributed by atoms with Crippen molar-refractivity contribution in [2.24, 2.45) is 0 Å². The molecule has 0 aliphatic rings. The van der Waals surface area contributed by atoms with E-state index < -0.39 is 5.97 Å². The van der Waals surface area contributed by atoms with Gasteiger partial charge in [0.1, 0.15) is 5.75 Å². The van der Waals surface area contributed by atoms with Gasteiger partial charge in [-0.15, -0.1) is 0 Å². The lowest BCUT2D eigenvalue weighted by Gasteiger charge is -2.13. The summed E-state index contributed by atoms with van der Waals surface area (Å²) in [5, 5.41) is 9.58. The molecule has 0 unspecified atom stereocenters. The smallest absolute Gasteiger partial charge is 0.328 e. The highest BCUT2D eigenvalue weighted by molar-refractivity contribution is 6.35. The van der Waals surface area contributed by atoms with Crippen LogP contribution in [0.1, 0.15) is 19.4 Å². The number of carboxylic acids is 1. The first kappa shape index (κ1) is 18.1. The van der Waals surface area contributed by atoms with Crippen LogP contribution >= 0.6 is 23.2 Å². The fourth-order valence-electron chi connectivity index (χ4n) is 1.77. The monoisotopic (exact) mass is 367 g/mol. The van der Waals surface area contributed by atoms with Crippen LogP contribution in [-0.4, -0.2) is 22.2 Å². The Bertz CT molecular complexity index is 775. The van der Waals surface area contributed by atoms with Crippen molar-refractivity contribution in [1.29, 1.82) is 0 Å². The number of rotatable bonds is 6. The van der Waals surface area contributed by atoms with E-state index in [0.29, 0.717) is 27.2 Å². The summed E-state index contributed by atoms with van der Waals surface area (Å²) in [6.45, 7) is 3.74. The van der Waals surface area contributed by atoms with Gasteiger partial charge in [0, 0.05) is 22.7 Å². The molecule has 0 saturated heterocycles. The first-order valence-electron chi connectivity index (χ1n) is 7.07. The van der Waals surface area contributed by atoms with E-state index in [0.717, 1.165) is 6.08 Å². The van der Waals surface area contributed by atoms with Gasteiger partial charge in [-0.25, -0.2) is 4.79 Å². The van der Waals surface area contributed by atoms with Gasteiger partial charge in [0.2, 0.25) is 11.8 Å². The fraction of sp³-hybridized carbons (Fsp3) is 0.176. The summed E-state index contributed by atoms with van der Waals surface area (Å²) in [5.74, 6) is -0.194. The number of pyridine rings is 1. The lowest BCUT2D eigenvalue weighted by molar-refractivity contribution is -0.131. The molecule has 0 aliphatic heterocycles. The number of hydrogen-bond acceptors (Lipinski definition) is 4. The molecule has 126 valence electrons. The molecule has 0 atom stereocenters. The van der Waals surface area contributed by atoms with Crippen molar-refractivity contribution in [2.75, 3.05) is 0 Å². The second-order valence-corrected chi connectivity index (χ2v) is 5.90. The summed E-state index contributed by atoms with van der Waals surface area (Å²) in [6, 6.07) is 8.07. The van der Waals surface area contributed by atoms with Crippen LogP contribution in [-0.2, 0) is 4.79 Å². The molecular weight excluding hydrogens is 353 g/mol. The summed E-state index contributed by atoms with van der Waals surface area (Å²) in [6.07, 6.45) is 2.31. The Labute approximate surface area is 149 Å². The van der Waals surface area contributed by atoms with Crippen molar-refractivity contribution < 1.29 is 19.4 Å². The molecular formula is C17H15Cl2NO4. The van der Waals surface area contributed by atoms with Crippen molar-refractivity contribution in [1.82, 2.24) is 4.98 Å². The molecule has 0 radical (unpaired) electrons. The van der Waals surface area contributed by atoms with Crippen LogP contribution in [0.25, 0.3) is 6.08 Å². The molecule has 2 aromatic rings. The Morgan fingerprint density at radius 3 is 2.62 bits per heavy atom. The van der Waals surface area contributed by atoms with Gasteiger partial charge < -0.3 is 14.6 Å². The number of nitrogens with zero attached hydrogens (tertiary/aromatic N) is 1. The number of benzene rings is 1. The summed E-state index contributed by atoms with van der Waals surface area (Å²) < 4.78 is 11.3. The van der Waals surface area contributed by atoms with Gasteiger partial charge >= 0.3 is 5.97 Å². The quantitative estimate of drug-likeness (QED) is 0.722. The Morgan fingerprint density at radius 2 is 2.00 bits per heavy atom. The lowest BCUT2D eigenvalue weighted by Crippen LogP contribution is -2.07.